The van der Waals surface area contributed by atoms with Gasteiger partial charge in [-0.2, -0.15) is 15.0 Å². The van der Waals surface area contributed by atoms with Crippen LogP contribution in [-0.4, -0.2) is 28.0 Å². The Bertz CT molecular complexity index is 785. The molecule has 0 amide bonds. The van der Waals surface area contributed by atoms with Crippen LogP contribution in [0.1, 0.15) is 25.7 Å². The highest BCUT2D eigenvalue weighted by Gasteiger charge is 2.16. The molecule has 4 rings (SSSR count). The molecule has 1 aliphatic rings. The van der Waals surface area contributed by atoms with E-state index in [4.69, 9.17) is 0 Å². The van der Waals surface area contributed by atoms with E-state index in [1.54, 1.807) is 0 Å². The molecule has 3 aromatic rings. The minimum atomic E-state index is 0.550. The van der Waals surface area contributed by atoms with Crippen molar-refractivity contribution in [1.29, 1.82) is 0 Å². The molecule has 0 unspecified atom stereocenters. The Morgan fingerprint density at radius 3 is 1.56 bits per heavy atom. The Morgan fingerprint density at radius 1 is 0.593 bits per heavy atom. The largest absolute Gasteiger partial charge is 0.341 e. The number of hydrogen-bond acceptors (Lipinski definition) is 6. The number of para-hydroxylation sites is 2. The van der Waals surface area contributed by atoms with Gasteiger partial charge in [0.2, 0.25) is 17.8 Å². The lowest BCUT2D eigenvalue weighted by molar-refractivity contribution is 0.726. The highest BCUT2D eigenvalue weighted by molar-refractivity contribution is 5.59. The number of anilines is 5. The molecule has 2 heterocycles. The maximum atomic E-state index is 4.69. The van der Waals surface area contributed by atoms with E-state index in [1.807, 2.05) is 60.7 Å². The van der Waals surface area contributed by atoms with Gasteiger partial charge in [-0.25, -0.2) is 0 Å². The van der Waals surface area contributed by atoms with Crippen LogP contribution in [0.15, 0.2) is 60.7 Å². The summed E-state index contributed by atoms with van der Waals surface area (Å²) < 4.78 is 0. The molecule has 0 atom stereocenters. The molecule has 1 aromatic heterocycles. The SMILES string of the molecule is c1ccc(Nc2nc(Nc3ccccc3)nc(N3CCCCCC3)n2)cc1. The predicted octanol–water partition coefficient (Wildman–Crippen LogP) is 4.74. The third-order valence-electron chi connectivity index (χ3n) is 4.57. The summed E-state index contributed by atoms with van der Waals surface area (Å²) in [6, 6.07) is 19.9. The van der Waals surface area contributed by atoms with Gasteiger partial charge in [0.15, 0.2) is 0 Å². The molecule has 6 heteroatoms. The summed E-state index contributed by atoms with van der Waals surface area (Å²) in [4.78, 5) is 16.2. The normalized spacial score (nSPS) is 14.4. The third kappa shape index (κ3) is 4.73. The van der Waals surface area contributed by atoms with Crippen molar-refractivity contribution >= 4 is 29.2 Å². The highest BCUT2D eigenvalue weighted by atomic mass is 15.3. The van der Waals surface area contributed by atoms with Gasteiger partial charge in [0.1, 0.15) is 0 Å². The Balaban J connectivity index is 1.64. The quantitative estimate of drug-likeness (QED) is 0.685. The van der Waals surface area contributed by atoms with Gasteiger partial charge in [0.25, 0.3) is 0 Å². The number of rotatable bonds is 5. The molecule has 0 saturated carbocycles. The van der Waals surface area contributed by atoms with Gasteiger partial charge in [-0.3, -0.25) is 0 Å². The topological polar surface area (TPSA) is 66.0 Å². The monoisotopic (exact) mass is 360 g/mol. The molecular weight excluding hydrogens is 336 g/mol. The van der Waals surface area contributed by atoms with Crippen molar-refractivity contribution in [2.45, 2.75) is 25.7 Å². The average Bonchev–Trinajstić information content (AvgIpc) is 2.99. The van der Waals surface area contributed by atoms with E-state index in [-0.39, 0.29) is 0 Å². The Morgan fingerprint density at radius 2 is 1.07 bits per heavy atom. The second-order valence-corrected chi connectivity index (χ2v) is 6.67. The van der Waals surface area contributed by atoms with Crippen molar-refractivity contribution < 1.29 is 0 Å². The summed E-state index contributed by atoms with van der Waals surface area (Å²) in [7, 11) is 0. The Hall–Kier alpha value is -3.15. The molecule has 0 radical (unpaired) electrons. The van der Waals surface area contributed by atoms with Gasteiger partial charge in [-0.05, 0) is 37.1 Å². The molecule has 138 valence electrons. The molecule has 6 nitrogen and oxygen atoms in total. The second-order valence-electron chi connectivity index (χ2n) is 6.67. The zero-order valence-corrected chi connectivity index (χ0v) is 15.3. The second kappa shape index (κ2) is 8.49. The summed E-state index contributed by atoms with van der Waals surface area (Å²) in [5, 5.41) is 6.59. The van der Waals surface area contributed by atoms with Crippen molar-refractivity contribution in [1.82, 2.24) is 15.0 Å². The summed E-state index contributed by atoms with van der Waals surface area (Å²) >= 11 is 0. The van der Waals surface area contributed by atoms with Crippen LogP contribution in [0, 0.1) is 0 Å². The molecule has 27 heavy (non-hydrogen) atoms. The summed E-state index contributed by atoms with van der Waals surface area (Å²) in [6.07, 6.45) is 4.89. The molecule has 0 aliphatic carbocycles. The van der Waals surface area contributed by atoms with Gasteiger partial charge in [-0.1, -0.05) is 49.2 Å². The lowest BCUT2D eigenvalue weighted by atomic mass is 10.2. The Kier molecular flexibility index (Phi) is 5.43. The molecule has 2 aromatic carbocycles. The zero-order chi connectivity index (χ0) is 18.3. The molecule has 0 bridgehead atoms. The smallest absolute Gasteiger partial charge is 0.233 e. The van der Waals surface area contributed by atoms with E-state index in [2.05, 4.69) is 30.5 Å². The minimum Gasteiger partial charge on any atom is -0.341 e. The zero-order valence-electron chi connectivity index (χ0n) is 15.3. The van der Waals surface area contributed by atoms with Gasteiger partial charge in [0, 0.05) is 24.5 Å². The molecule has 1 fully saturated rings. The maximum absolute atomic E-state index is 4.69. The van der Waals surface area contributed by atoms with Crippen molar-refractivity contribution in [3.8, 4) is 0 Å². The summed E-state index contributed by atoms with van der Waals surface area (Å²) in [5.41, 5.74) is 1.91. The van der Waals surface area contributed by atoms with Crippen LogP contribution in [0.25, 0.3) is 0 Å². The first-order valence-corrected chi connectivity index (χ1v) is 9.52. The highest BCUT2D eigenvalue weighted by Crippen LogP contribution is 2.22. The van der Waals surface area contributed by atoms with Crippen LogP contribution >= 0.6 is 0 Å². The maximum Gasteiger partial charge on any atom is 0.233 e. The van der Waals surface area contributed by atoms with Crippen LogP contribution in [0.3, 0.4) is 0 Å². The number of hydrogen-bond donors (Lipinski definition) is 2. The fourth-order valence-corrected chi connectivity index (χ4v) is 3.19. The molecule has 0 spiro atoms. The number of aromatic nitrogens is 3. The molecular formula is C21H24N6. The van der Waals surface area contributed by atoms with Crippen LogP contribution < -0.4 is 15.5 Å². The molecule has 1 saturated heterocycles. The fourth-order valence-electron chi connectivity index (χ4n) is 3.19. The number of nitrogens with zero attached hydrogens (tertiary/aromatic N) is 4. The lowest BCUT2D eigenvalue weighted by Gasteiger charge is -2.21. The van der Waals surface area contributed by atoms with Crippen molar-refractivity contribution in [3.05, 3.63) is 60.7 Å². The summed E-state index contributed by atoms with van der Waals surface area (Å²) in [5.74, 6) is 1.83. The first kappa shape index (κ1) is 17.3. The number of benzene rings is 2. The van der Waals surface area contributed by atoms with Gasteiger partial charge in [0.05, 0.1) is 0 Å². The fraction of sp³-hybridized carbons (Fsp3) is 0.286. The van der Waals surface area contributed by atoms with Crippen molar-refractivity contribution in [2.24, 2.45) is 0 Å². The standard InChI is InChI=1S/C21H24N6/c1-2-10-16-27(15-9-1)21-25-19(22-17-11-5-3-6-12-17)24-20(26-21)23-18-13-7-4-8-14-18/h3-8,11-14H,1-2,9-10,15-16H2,(H2,22,23,24,25,26). The van der Waals surface area contributed by atoms with Crippen molar-refractivity contribution in [2.75, 3.05) is 28.6 Å². The van der Waals surface area contributed by atoms with Crippen LogP contribution in [0.2, 0.25) is 0 Å². The van der Waals surface area contributed by atoms with E-state index in [9.17, 15) is 0 Å². The molecule has 1 aliphatic heterocycles. The van der Waals surface area contributed by atoms with E-state index < -0.39 is 0 Å². The number of nitrogens with one attached hydrogen (secondary N) is 2. The van der Waals surface area contributed by atoms with Gasteiger partial charge < -0.3 is 15.5 Å². The predicted molar refractivity (Wildman–Crippen MR) is 110 cm³/mol. The minimum absolute atomic E-state index is 0.550. The van der Waals surface area contributed by atoms with Crippen LogP contribution in [0.5, 0.6) is 0 Å². The van der Waals surface area contributed by atoms with Gasteiger partial charge in [-0.15, -0.1) is 0 Å². The van der Waals surface area contributed by atoms with Crippen LogP contribution in [-0.2, 0) is 0 Å². The molecule has 2 N–H and O–H groups in total. The van der Waals surface area contributed by atoms with E-state index >= 15 is 0 Å². The Labute approximate surface area is 159 Å². The average molecular weight is 360 g/mol. The third-order valence-corrected chi connectivity index (χ3v) is 4.57. The van der Waals surface area contributed by atoms with Crippen molar-refractivity contribution in [3.63, 3.8) is 0 Å². The van der Waals surface area contributed by atoms with E-state index in [0.717, 1.165) is 30.4 Å². The lowest BCUT2D eigenvalue weighted by Crippen LogP contribution is -2.26. The summed E-state index contributed by atoms with van der Waals surface area (Å²) in [6.45, 7) is 1.97. The van der Waals surface area contributed by atoms with E-state index in [0.29, 0.717) is 11.9 Å². The first-order chi connectivity index (χ1) is 13.4. The first-order valence-electron chi connectivity index (χ1n) is 9.52. The van der Waals surface area contributed by atoms with Crippen LogP contribution in [0.4, 0.5) is 29.2 Å². The van der Waals surface area contributed by atoms with E-state index in [1.165, 1.54) is 25.7 Å². The van der Waals surface area contributed by atoms with Gasteiger partial charge >= 0.3 is 0 Å².